The number of thioether (sulfide) groups is 1. The van der Waals surface area contributed by atoms with E-state index >= 15 is 0 Å². The van der Waals surface area contributed by atoms with Crippen molar-refractivity contribution in [3.63, 3.8) is 0 Å². The fourth-order valence-electron chi connectivity index (χ4n) is 3.57. The van der Waals surface area contributed by atoms with Gasteiger partial charge in [0.1, 0.15) is 5.75 Å². The van der Waals surface area contributed by atoms with Crippen molar-refractivity contribution in [1.29, 1.82) is 0 Å². The predicted molar refractivity (Wildman–Crippen MR) is 133 cm³/mol. The first kappa shape index (κ1) is 22.6. The van der Waals surface area contributed by atoms with Crippen LogP contribution in [0.3, 0.4) is 0 Å². The molecule has 2 N–H and O–H groups in total. The Bertz CT molecular complexity index is 1170. The summed E-state index contributed by atoms with van der Waals surface area (Å²) in [6, 6.07) is 13.6. The van der Waals surface area contributed by atoms with Crippen molar-refractivity contribution in [1.82, 2.24) is 15.6 Å². The molecule has 1 aromatic heterocycles. The highest BCUT2D eigenvalue weighted by Crippen LogP contribution is 2.36. The summed E-state index contributed by atoms with van der Waals surface area (Å²) >= 11 is 8.69. The van der Waals surface area contributed by atoms with Crippen molar-refractivity contribution in [2.75, 3.05) is 13.7 Å². The highest BCUT2D eigenvalue weighted by atomic mass is 32.2. The number of thiazole rings is 1. The summed E-state index contributed by atoms with van der Waals surface area (Å²) in [5.41, 5.74) is 4.15. The highest BCUT2D eigenvalue weighted by molar-refractivity contribution is 8.00. The third-order valence-corrected chi connectivity index (χ3v) is 7.48. The summed E-state index contributed by atoms with van der Waals surface area (Å²) < 4.78 is 13.1. The molecule has 1 atom stereocenters. The Morgan fingerprint density at radius 1 is 1.28 bits per heavy atom. The van der Waals surface area contributed by atoms with E-state index in [-0.39, 0.29) is 5.97 Å². The summed E-state index contributed by atoms with van der Waals surface area (Å²) in [5, 5.41) is 6.71. The number of nitrogens with zero attached hydrogens (tertiary/aromatic N) is 1. The third-order valence-electron chi connectivity index (χ3n) is 5.03. The Labute approximate surface area is 200 Å². The monoisotopic (exact) mass is 485 g/mol. The fraction of sp³-hybridized carbons (Fsp3) is 0.261. The van der Waals surface area contributed by atoms with Gasteiger partial charge in [-0.1, -0.05) is 30.0 Å². The molecule has 0 bridgehead atoms. The maximum Gasteiger partial charge on any atom is 0.338 e. The van der Waals surface area contributed by atoms with Crippen LogP contribution in [0.2, 0.25) is 0 Å². The molecule has 166 valence electrons. The molecule has 0 amide bonds. The number of carbonyl (C=O) groups excluding carboxylic acids is 1. The predicted octanol–water partition coefficient (Wildman–Crippen LogP) is 4.95. The van der Waals surface area contributed by atoms with Crippen LogP contribution >= 0.6 is 35.3 Å². The lowest BCUT2D eigenvalue weighted by molar-refractivity contribution is -0.139. The molecule has 0 saturated carbocycles. The molecule has 9 heteroatoms. The number of esters is 1. The molecular formula is C23H23N3O3S3. The molecule has 1 aliphatic heterocycles. The molecule has 0 spiro atoms. The molecule has 32 heavy (non-hydrogen) atoms. The summed E-state index contributed by atoms with van der Waals surface area (Å²) in [4.78, 5) is 17.4. The number of aromatic nitrogens is 1. The standard InChI is InChI=1S/C23H23N3O3S3/c1-4-29-21(27)19-13(2)24-22(30)26-20(19)14-9-10-17(28-3)15(11-14)12-31-23-25-16-7-5-6-8-18(16)32-23/h5-11,20H,4,12H2,1-3H3,(H2,24,26,30). The van der Waals surface area contributed by atoms with E-state index in [1.54, 1.807) is 37.1 Å². The number of thiocarbonyl (C=S) groups is 1. The molecule has 0 aliphatic carbocycles. The minimum Gasteiger partial charge on any atom is -0.496 e. The van der Waals surface area contributed by atoms with E-state index in [1.807, 2.05) is 37.3 Å². The fourth-order valence-corrected chi connectivity index (χ4v) is 5.88. The number of carbonyl (C=O) groups is 1. The van der Waals surface area contributed by atoms with Crippen LogP contribution in [0.1, 0.15) is 31.0 Å². The lowest BCUT2D eigenvalue weighted by Crippen LogP contribution is -2.45. The number of benzene rings is 2. The molecule has 1 aliphatic rings. The van der Waals surface area contributed by atoms with E-state index in [0.29, 0.717) is 28.7 Å². The zero-order valence-corrected chi connectivity index (χ0v) is 20.4. The number of hydrogen-bond donors (Lipinski definition) is 2. The van der Waals surface area contributed by atoms with Crippen molar-refractivity contribution < 1.29 is 14.3 Å². The van der Waals surface area contributed by atoms with Crippen LogP contribution in [-0.2, 0) is 15.3 Å². The molecular weight excluding hydrogens is 462 g/mol. The number of allylic oxidation sites excluding steroid dienone is 1. The number of fused-ring (bicyclic) bond motifs is 1. The molecule has 0 saturated heterocycles. The van der Waals surface area contributed by atoms with E-state index in [2.05, 4.69) is 22.8 Å². The molecule has 4 rings (SSSR count). The molecule has 2 heterocycles. The van der Waals surface area contributed by atoms with Gasteiger partial charge in [-0.3, -0.25) is 0 Å². The molecule has 0 radical (unpaired) electrons. The molecule has 2 aromatic carbocycles. The normalized spacial score (nSPS) is 16.0. The minimum absolute atomic E-state index is 0.305. The van der Waals surface area contributed by atoms with E-state index in [9.17, 15) is 4.79 Å². The van der Waals surface area contributed by atoms with Crippen molar-refractivity contribution in [2.45, 2.75) is 30.0 Å². The lowest BCUT2D eigenvalue weighted by Gasteiger charge is -2.30. The molecule has 6 nitrogen and oxygen atoms in total. The van der Waals surface area contributed by atoms with E-state index < -0.39 is 6.04 Å². The van der Waals surface area contributed by atoms with Crippen molar-refractivity contribution >= 4 is 56.6 Å². The zero-order valence-electron chi connectivity index (χ0n) is 17.9. The van der Waals surface area contributed by atoms with Crippen LogP contribution in [0.5, 0.6) is 5.75 Å². The van der Waals surface area contributed by atoms with Gasteiger partial charge in [0.15, 0.2) is 9.45 Å². The second-order valence-electron chi connectivity index (χ2n) is 7.10. The summed E-state index contributed by atoms with van der Waals surface area (Å²) in [7, 11) is 1.66. The SMILES string of the molecule is CCOC(=O)C1=C(C)NC(=S)NC1c1ccc(OC)c(CSc2nc3ccccc3s2)c1. The minimum atomic E-state index is -0.403. The highest BCUT2D eigenvalue weighted by Gasteiger charge is 2.31. The maximum atomic E-state index is 12.7. The Morgan fingerprint density at radius 3 is 2.84 bits per heavy atom. The van der Waals surface area contributed by atoms with Gasteiger partial charge in [-0.05, 0) is 55.9 Å². The topological polar surface area (TPSA) is 72.5 Å². The second kappa shape index (κ2) is 9.89. The molecule has 1 unspecified atom stereocenters. The van der Waals surface area contributed by atoms with Gasteiger partial charge >= 0.3 is 5.97 Å². The maximum absolute atomic E-state index is 12.7. The van der Waals surface area contributed by atoms with Crippen molar-refractivity contribution in [2.24, 2.45) is 0 Å². The van der Waals surface area contributed by atoms with E-state index in [4.69, 9.17) is 26.7 Å². The van der Waals surface area contributed by atoms with Gasteiger partial charge < -0.3 is 20.1 Å². The first-order valence-corrected chi connectivity index (χ1v) is 12.3. The number of rotatable bonds is 7. The van der Waals surface area contributed by atoms with Gasteiger partial charge in [-0.25, -0.2) is 9.78 Å². The second-order valence-corrected chi connectivity index (χ2v) is 9.76. The number of ether oxygens (including phenoxy) is 2. The molecule has 3 aromatic rings. The average molecular weight is 486 g/mol. The van der Waals surface area contributed by atoms with Crippen LogP contribution in [0.4, 0.5) is 0 Å². The first-order chi connectivity index (χ1) is 15.5. The Morgan fingerprint density at radius 2 is 2.09 bits per heavy atom. The summed E-state index contributed by atoms with van der Waals surface area (Å²) in [6.45, 7) is 3.93. The van der Waals surface area contributed by atoms with Gasteiger partial charge in [0.25, 0.3) is 0 Å². The Balaban J connectivity index is 1.63. The zero-order chi connectivity index (χ0) is 22.7. The van der Waals surface area contributed by atoms with Gasteiger partial charge in [0.05, 0.1) is 35.5 Å². The van der Waals surface area contributed by atoms with Gasteiger partial charge in [-0.15, -0.1) is 11.3 Å². The number of methoxy groups -OCH3 is 1. The Kier molecular flexibility index (Phi) is 6.98. The van der Waals surface area contributed by atoms with Crippen LogP contribution in [-0.4, -0.2) is 29.8 Å². The number of nitrogens with one attached hydrogen (secondary N) is 2. The van der Waals surface area contributed by atoms with Gasteiger partial charge in [-0.2, -0.15) is 0 Å². The summed E-state index contributed by atoms with van der Waals surface area (Å²) in [6.07, 6.45) is 0. The lowest BCUT2D eigenvalue weighted by atomic mass is 9.94. The summed E-state index contributed by atoms with van der Waals surface area (Å²) in [5.74, 6) is 1.11. The van der Waals surface area contributed by atoms with E-state index in [1.165, 1.54) is 4.70 Å². The van der Waals surface area contributed by atoms with Crippen LogP contribution in [0, 0.1) is 0 Å². The van der Waals surface area contributed by atoms with Crippen LogP contribution in [0.25, 0.3) is 10.2 Å². The van der Waals surface area contributed by atoms with Gasteiger partial charge in [0, 0.05) is 17.0 Å². The van der Waals surface area contributed by atoms with Crippen molar-refractivity contribution in [3.05, 3.63) is 64.9 Å². The van der Waals surface area contributed by atoms with Crippen LogP contribution < -0.4 is 15.4 Å². The smallest absolute Gasteiger partial charge is 0.338 e. The largest absolute Gasteiger partial charge is 0.496 e. The molecule has 0 fully saturated rings. The third kappa shape index (κ3) is 4.74. The van der Waals surface area contributed by atoms with Gasteiger partial charge in [0.2, 0.25) is 0 Å². The van der Waals surface area contributed by atoms with Crippen molar-refractivity contribution in [3.8, 4) is 5.75 Å². The first-order valence-electron chi connectivity index (χ1n) is 10.1. The number of hydrogen-bond acceptors (Lipinski definition) is 7. The Hall–Kier alpha value is -2.62. The quantitative estimate of drug-likeness (QED) is 0.277. The van der Waals surface area contributed by atoms with E-state index in [0.717, 1.165) is 26.7 Å². The van der Waals surface area contributed by atoms with Crippen LogP contribution in [0.15, 0.2) is 58.1 Å². The number of para-hydroxylation sites is 1. The average Bonchev–Trinajstić information content (AvgIpc) is 3.20.